The van der Waals surface area contributed by atoms with Crippen LogP contribution in [0.1, 0.15) is 23.1 Å². The zero-order chi connectivity index (χ0) is 16.8. The molecule has 24 heavy (non-hydrogen) atoms. The second-order valence-electron chi connectivity index (χ2n) is 5.36. The van der Waals surface area contributed by atoms with Gasteiger partial charge in [-0.25, -0.2) is 0 Å². The second kappa shape index (κ2) is 7.66. The van der Waals surface area contributed by atoms with Gasteiger partial charge >= 0.3 is 0 Å². The number of anilines is 1. The van der Waals surface area contributed by atoms with Gasteiger partial charge in [-0.2, -0.15) is 0 Å². The Hall–Kier alpha value is -2.79. The van der Waals surface area contributed by atoms with Crippen molar-refractivity contribution >= 4 is 28.5 Å². The SMILES string of the molecule is C/C(=C\c1ccccc1)C(=O)Nc1nnc(Cc2ccccc2)s1. The summed E-state index contributed by atoms with van der Waals surface area (Å²) in [6, 6.07) is 19.8. The minimum Gasteiger partial charge on any atom is -0.297 e. The Kier molecular flexibility index (Phi) is 5.13. The van der Waals surface area contributed by atoms with E-state index >= 15 is 0 Å². The molecule has 120 valence electrons. The Morgan fingerprint density at radius 3 is 2.42 bits per heavy atom. The van der Waals surface area contributed by atoms with Gasteiger partial charge in [0.15, 0.2) is 0 Å². The summed E-state index contributed by atoms with van der Waals surface area (Å²) in [7, 11) is 0. The summed E-state index contributed by atoms with van der Waals surface area (Å²) in [6.07, 6.45) is 2.56. The maximum atomic E-state index is 12.2. The van der Waals surface area contributed by atoms with Crippen LogP contribution in [0.15, 0.2) is 66.2 Å². The molecule has 0 aliphatic rings. The van der Waals surface area contributed by atoms with Gasteiger partial charge in [0, 0.05) is 12.0 Å². The fourth-order valence-electron chi connectivity index (χ4n) is 2.21. The van der Waals surface area contributed by atoms with Crippen LogP contribution in [0.5, 0.6) is 0 Å². The van der Waals surface area contributed by atoms with E-state index in [1.165, 1.54) is 16.9 Å². The van der Waals surface area contributed by atoms with Gasteiger partial charge in [0.25, 0.3) is 5.91 Å². The van der Waals surface area contributed by atoms with Crippen molar-refractivity contribution in [1.82, 2.24) is 10.2 Å². The van der Waals surface area contributed by atoms with E-state index < -0.39 is 0 Å². The topological polar surface area (TPSA) is 54.9 Å². The van der Waals surface area contributed by atoms with E-state index in [4.69, 9.17) is 0 Å². The van der Waals surface area contributed by atoms with Crippen LogP contribution >= 0.6 is 11.3 Å². The second-order valence-corrected chi connectivity index (χ2v) is 6.42. The van der Waals surface area contributed by atoms with Gasteiger partial charge < -0.3 is 0 Å². The maximum absolute atomic E-state index is 12.2. The molecule has 0 fully saturated rings. The fourth-order valence-corrected chi connectivity index (χ4v) is 2.98. The number of hydrogen-bond acceptors (Lipinski definition) is 4. The third-order valence-electron chi connectivity index (χ3n) is 3.43. The quantitative estimate of drug-likeness (QED) is 0.712. The lowest BCUT2D eigenvalue weighted by atomic mass is 10.1. The first kappa shape index (κ1) is 16.1. The van der Waals surface area contributed by atoms with Crippen molar-refractivity contribution in [3.05, 3.63) is 82.4 Å². The Bertz CT molecular complexity index is 841. The van der Waals surface area contributed by atoms with Crippen molar-refractivity contribution in [2.75, 3.05) is 5.32 Å². The first-order valence-corrected chi connectivity index (χ1v) is 8.43. The Morgan fingerprint density at radius 1 is 1.04 bits per heavy atom. The standard InChI is InChI=1S/C19H17N3OS/c1-14(12-15-8-4-2-5-9-15)18(23)20-19-22-21-17(24-19)13-16-10-6-3-7-11-16/h2-12H,13H2,1H3,(H,20,22,23)/b14-12+. The van der Waals surface area contributed by atoms with Gasteiger partial charge in [-0.3, -0.25) is 10.1 Å². The van der Waals surface area contributed by atoms with Crippen LogP contribution < -0.4 is 5.32 Å². The minimum atomic E-state index is -0.165. The molecule has 4 nitrogen and oxygen atoms in total. The van der Waals surface area contributed by atoms with Gasteiger partial charge in [0.1, 0.15) is 5.01 Å². The number of nitrogens with zero attached hydrogens (tertiary/aromatic N) is 2. The molecule has 0 radical (unpaired) electrons. The molecule has 5 heteroatoms. The number of benzene rings is 2. The largest absolute Gasteiger partial charge is 0.297 e. The molecule has 3 rings (SSSR count). The van der Waals surface area contributed by atoms with Gasteiger partial charge in [0.2, 0.25) is 5.13 Å². The molecule has 0 saturated heterocycles. The molecule has 3 aromatic rings. The van der Waals surface area contributed by atoms with Crippen molar-refractivity contribution in [3.63, 3.8) is 0 Å². The molecule has 0 aliphatic heterocycles. The number of hydrogen-bond donors (Lipinski definition) is 1. The van der Waals surface area contributed by atoms with E-state index in [9.17, 15) is 4.79 Å². The zero-order valence-corrected chi connectivity index (χ0v) is 14.1. The summed E-state index contributed by atoms with van der Waals surface area (Å²) in [5.41, 5.74) is 2.79. The van der Waals surface area contributed by atoms with Gasteiger partial charge in [0.05, 0.1) is 0 Å². The van der Waals surface area contributed by atoms with Crippen LogP contribution in [0.3, 0.4) is 0 Å². The van der Waals surface area contributed by atoms with E-state index in [-0.39, 0.29) is 5.91 Å². The van der Waals surface area contributed by atoms with Crippen molar-refractivity contribution in [2.45, 2.75) is 13.3 Å². The lowest BCUT2D eigenvalue weighted by Gasteiger charge is -2.01. The molecule has 0 spiro atoms. The summed E-state index contributed by atoms with van der Waals surface area (Å²) in [6.45, 7) is 1.79. The van der Waals surface area contributed by atoms with Crippen molar-refractivity contribution in [2.24, 2.45) is 0 Å². The lowest BCUT2D eigenvalue weighted by molar-refractivity contribution is -0.112. The van der Waals surface area contributed by atoms with E-state index in [0.717, 1.165) is 10.6 Å². The number of nitrogens with one attached hydrogen (secondary N) is 1. The van der Waals surface area contributed by atoms with Crippen LogP contribution in [0.4, 0.5) is 5.13 Å². The van der Waals surface area contributed by atoms with Crippen LogP contribution in [0.2, 0.25) is 0 Å². The highest BCUT2D eigenvalue weighted by molar-refractivity contribution is 7.15. The van der Waals surface area contributed by atoms with Gasteiger partial charge in [-0.15, -0.1) is 10.2 Å². The molecule has 1 aromatic heterocycles. The van der Waals surface area contributed by atoms with Gasteiger partial charge in [-0.1, -0.05) is 72.0 Å². The molecule has 0 bridgehead atoms. The Balaban J connectivity index is 1.64. The number of carbonyl (C=O) groups excluding carboxylic acids is 1. The number of aromatic nitrogens is 2. The van der Waals surface area contributed by atoms with Crippen LogP contribution in [-0.4, -0.2) is 16.1 Å². The predicted molar refractivity (Wildman–Crippen MR) is 97.9 cm³/mol. The average molecular weight is 335 g/mol. The summed E-state index contributed by atoms with van der Waals surface area (Å²) >= 11 is 1.40. The summed E-state index contributed by atoms with van der Waals surface area (Å²) in [5, 5.41) is 12.4. The monoisotopic (exact) mass is 335 g/mol. The summed E-state index contributed by atoms with van der Waals surface area (Å²) < 4.78 is 0. The van der Waals surface area contributed by atoms with Gasteiger partial charge in [-0.05, 0) is 24.1 Å². The van der Waals surface area contributed by atoms with E-state index in [2.05, 4.69) is 15.5 Å². The molecule has 0 unspecified atom stereocenters. The maximum Gasteiger partial charge on any atom is 0.253 e. The van der Waals surface area contributed by atoms with Crippen LogP contribution in [0, 0.1) is 0 Å². The van der Waals surface area contributed by atoms with Crippen molar-refractivity contribution in [1.29, 1.82) is 0 Å². The average Bonchev–Trinajstić information content (AvgIpc) is 3.03. The summed E-state index contributed by atoms with van der Waals surface area (Å²) in [4.78, 5) is 12.2. The normalized spacial score (nSPS) is 11.3. The molecule has 2 aromatic carbocycles. The van der Waals surface area contributed by atoms with E-state index in [0.29, 0.717) is 17.1 Å². The molecular formula is C19H17N3OS. The molecular weight excluding hydrogens is 318 g/mol. The molecule has 1 N–H and O–H groups in total. The smallest absolute Gasteiger partial charge is 0.253 e. The highest BCUT2D eigenvalue weighted by atomic mass is 32.1. The third kappa shape index (κ3) is 4.36. The minimum absolute atomic E-state index is 0.165. The predicted octanol–water partition coefficient (Wildman–Crippen LogP) is 4.17. The molecule has 0 atom stereocenters. The Morgan fingerprint density at radius 2 is 1.71 bits per heavy atom. The number of carbonyl (C=O) groups is 1. The molecule has 1 amide bonds. The Labute approximate surface area is 144 Å². The fraction of sp³-hybridized carbons (Fsp3) is 0.105. The first-order chi connectivity index (χ1) is 11.7. The molecule has 0 aliphatic carbocycles. The molecule has 0 saturated carbocycles. The van der Waals surface area contributed by atoms with E-state index in [1.54, 1.807) is 6.92 Å². The van der Waals surface area contributed by atoms with Crippen LogP contribution in [-0.2, 0) is 11.2 Å². The first-order valence-electron chi connectivity index (χ1n) is 7.62. The number of rotatable bonds is 5. The van der Waals surface area contributed by atoms with Crippen LogP contribution in [0.25, 0.3) is 6.08 Å². The van der Waals surface area contributed by atoms with E-state index in [1.807, 2.05) is 66.7 Å². The lowest BCUT2D eigenvalue weighted by Crippen LogP contribution is -2.12. The third-order valence-corrected chi connectivity index (χ3v) is 4.27. The zero-order valence-electron chi connectivity index (χ0n) is 13.3. The van der Waals surface area contributed by atoms with Crippen molar-refractivity contribution in [3.8, 4) is 0 Å². The summed E-state index contributed by atoms with van der Waals surface area (Å²) in [5.74, 6) is -0.165. The highest BCUT2D eigenvalue weighted by Gasteiger charge is 2.10. The number of amides is 1. The van der Waals surface area contributed by atoms with Crippen molar-refractivity contribution < 1.29 is 4.79 Å². The highest BCUT2D eigenvalue weighted by Crippen LogP contribution is 2.19. The molecule has 1 heterocycles.